The van der Waals surface area contributed by atoms with Crippen LogP contribution in [-0.4, -0.2) is 29.7 Å². The van der Waals surface area contributed by atoms with Crippen molar-refractivity contribution in [2.24, 2.45) is 0 Å². The van der Waals surface area contributed by atoms with Gasteiger partial charge in [-0.1, -0.05) is 60.7 Å². The summed E-state index contributed by atoms with van der Waals surface area (Å²) in [5, 5.41) is 16.8. The highest BCUT2D eigenvalue weighted by atomic mass is 19.1. The maximum absolute atomic E-state index is 13.6. The van der Waals surface area contributed by atoms with E-state index in [4.69, 9.17) is 0 Å². The molecule has 3 aromatic carbocycles. The van der Waals surface area contributed by atoms with Gasteiger partial charge in [0.15, 0.2) is 0 Å². The fraction of sp³-hybridized carbons (Fsp3) is 0.269. The smallest absolute Gasteiger partial charge is 0.220 e. The third-order valence-electron chi connectivity index (χ3n) is 5.20. The molecule has 3 N–H and O–H groups in total. The topological polar surface area (TPSA) is 61.4 Å². The molecular weight excluding hydrogens is 410 g/mol. The largest absolute Gasteiger partial charge is 0.390 e. The second-order valence-corrected chi connectivity index (χ2v) is 7.83. The molecule has 0 saturated heterocycles. The molecule has 0 fully saturated rings. The normalized spacial score (nSPS) is 12.8. The molecule has 0 bridgehead atoms. The van der Waals surface area contributed by atoms with Crippen molar-refractivity contribution in [3.05, 3.63) is 107 Å². The minimum absolute atomic E-state index is 0.111. The number of carbonyl (C=O) groups excluding carboxylic acids is 1. The van der Waals surface area contributed by atoms with Crippen LogP contribution in [0, 0.1) is 11.6 Å². The zero-order chi connectivity index (χ0) is 22.8. The Morgan fingerprint density at radius 1 is 0.844 bits per heavy atom. The number of carbonyl (C=O) groups is 1. The average molecular weight is 439 g/mol. The first-order valence-corrected chi connectivity index (χ1v) is 10.7. The van der Waals surface area contributed by atoms with Crippen molar-refractivity contribution in [3.8, 4) is 0 Å². The van der Waals surface area contributed by atoms with E-state index in [1.165, 1.54) is 12.1 Å². The molecule has 168 valence electrons. The van der Waals surface area contributed by atoms with Crippen LogP contribution in [0.1, 0.15) is 23.1 Å². The zero-order valence-electron chi connectivity index (χ0n) is 17.8. The van der Waals surface area contributed by atoms with Gasteiger partial charge in [0.25, 0.3) is 0 Å². The summed E-state index contributed by atoms with van der Waals surface area (Å²) >= 11 is 0. The van der Waals surface area contributed by atoms with Gasteiger partial charge in [-0.25, -0.2) is 8.78 Å². The summed E-state index contributed by atoms with van der Waals surface area (Å²) in [6.07, 6.45) is -0.0101. The standard InChI is InChI=1S/C26H28F2N2O2/c27-22-13-21(14-23(28)16-22)15-24(25(31)18-29-17-20-9-5-2-6-10-20)30-26(32)12-11-19-7-3-1-4-8-19/h1-10,13-14,16,24-25,29,31H,11-12,15,17-18H2,(H,30,32)/t24-,25-/m1/s1. The van der Waals surface area contributed by atoms with Crippen molar-refractivity contribution < 1.29 is 18.7 Å². The quantitative estimate of drug-likeness (QED) is 0.427. The molecule has 3 aromatic rings. The number of hydrogen-bond acceptors (Lipinski definition) is 3. The fourth-order valence-corrected chi connectivity index (χ4v) is 3.55. The molecule has 32 heavy (non-hydrogen) atoms. The number of hydrogen-bond donors (Lipinski definition) is 3. The van der Waals surface area contributed by atoms with Crippen LogP contribution in [-0.2, 0) is 24.2 Å². The number of nitrogens with one attached hydrogen (secondary N) is 2. The molecule has 0 heterocycles. The number of aliphatic hydroxyl groups excluding tert-OH is 1. The summed E-state index contributed by atoms with van der Waals surface area (Å²) in [5.74, 6) is -1.60. The third-order valence-corrected chi connectivity index (χ3v) is 5.20. The summed E-state index contributed by atoms with van der Waals surface area (Å²) in [6, 6.07) is 21.9. The minimum atomic E-state index is -0.939. The monoisotopic (exact) mass is 438 g/mol. The second kappa shape index (κ2) is 12.1. The molecule has 0 aliphatic heterocycles. The number of benzene rings is 3. The van der Waals surface area contributed by atoms with Gasteiger partial charge in [-0.3, -0.25) is 4.79 Å². The van der Waals surface area contributed by atoms with Crippen molar-refractivity contribution in [1.82, 2.24) is 10.6 Å². The van der Waals surface area contributed by atoms with E-state index in [1.54, 1.807) is 0 Å². The minimum Gasteiger partial charge on any atom is -0.390 e. The van der Waals surface area contributed by atoms with E-state index < -0.39 is 23.8 Å². The summed E-state index contributed by atoms with van der Waals surface area (Å²) in [6.45, 7) is 0.775. The van der Waals surface area contributed by atoms with Gasteiger partial charge in [0.05, 0.1) is 12.1 Å². The fourth-order valence-electron chi connectivity index (χ4n) is 3.55. The first kappa shape index (κ1) is 23.6. The summed E-state index contributed by atoms with van der Waals surface area (Å²) in [7, 11) is 0. The summed E-state index contributed by atoms with van der Waals surface area (Å²) in [4.78, 5) is 12.6. The number of rotatable bonds is 11. The molecule has 0 aliphatic carbocycles. The molecule has 0 unspecified atom stereocenters. The van der Waals surface area contributed by atoms with Crippen LogP contribution in [0.4, 0.5) is 8.78 Å². The van der Waals surface area contributed by atoms with Crippen LogP contribution in [0.3, 0.4) is 0 Å². The molecular formula is C26H28F2N2O2. The lowest BCUT2D eigenvalue weighted by atomic mass is 10.00. The predicted octanol–water partition coefficient (Wildman–Crippen LogP) is 3.78. The van der Waals surface area contributed by atoms with E-state index >= 15 is 0 Å². The molecule has 2 atom stereocenters. The summed E-state index contributed by atoms with van der Waals surface area (Å²) in [5.41, 5.74) is 2.48. The van der Waals surface area contributed by atoms with Gasteiger partial charge in [0.2, 0.25) is 5.91 Å². The van der Waals surface area contributed by atoms with E-state index in [2.05, 4.69) is 10.6 Å². The predicted molar refractivity (Wildman–Crippen MR) is 121 cm³/mol. The van der Waals surface area contributed by atoms with Crippen LogP contribution in [0.2, 0.25) is 0 Å². The van der Waals surface area contributed by atoms with E-state index in [1.807, 2.05) is 60.7 Å². The molecule has 4 nitrogen and oxygen atoms in total. The molecule has 0 radical (unpaired) electrons. The van der Waals surface area contributed by atoms with Crippen LogP contribution in [0.25, 0.3) is 0 Å². The van der Waals surface area contributed by atoms with Crippen molar-refractivity contribution >= 4 is 5.91 Å². The van der Waals surface area contributed by atoms with Crippen LogP contribution in [0.15, 0.2) is 78.9 Å². The van der Waals surface area contributed by atoms with Gasteiger partial charge in [-0.05, 0) is 41.7 Å². The average Bonchev–Trinajstić information content (AvgIpc) is 2.78. The lowest BCUT2D eigenvalue weighted by Crippen LogP contribution is -2.48. The highest BCUT2D eigenvalue weighted by Crippen LogP contribution is 2.13. The first-order valence-electron chi connectivity index (χ1n) is 10.7. The Bertz CT molecular complexity index is 963. The third kappa shape index (κ3) is 7.87. The maximum Gasteiger partial charge on any atom is 0.220 e. The van der Waals surface area contributed by atoms with Crippen LogP contribution in [0.5, 0.6) is 0 Å². The molecule has 1 amide bonds. The van der Waals surface area contributed by atoms with Gasteiger partial charge < -0.3 is 15.7 Å². The number of aryl methyl sites for hydroxylation is 1. The molecule has 0 spiro atoms. The van der Waals surface area contributed by atoms with Crippen LogP contribution >= 0.6 is 0 Å². The van der Waals surface area contributed by atoms with Crippen LogP contribution < -0.4 is 10.6 Å². The lowest BCUT2D eigenvalue weighted by molar-refractivity contribution is -0.122. The van der Waals surface area contributed by atoms with Crippen molar-refractivity contribution in [2.75, 3.05) is 6.54 Å². The Kier molecular flexibility index (Phi) is 8.90. The first-order chi connectivity index (χ1) is 15.5. The second-order valence-electron chi connectivity index (χ2n) is 7.83. The van der Waals surface area contributed by atoms with E-state index in [9.17, 15) is 18.7 Å². The van der Waals surface area contributed by atoms with Crippen molar-refractivity contribution in [3.63, 3.8) is 0 Å². The molecule has 3 rings (SSSR count). The Balaban J connectivity index is 1.61. The van der Waals surface area contributed by atoms with Crippen molar-refractivity contribution in [2.45, 2.75) is 38.0 Å². The molecule has 0 aromatic heterocycles. The van der Waals surface area contributed by atoms with E-state index in [0.717, 1.165) is 17.2 Å². The van der Waals surface area contributed by atoms with Gasteiger partial charge in [-0.15, -0.1) is 0 Å². The molecule has 0 aliphatic rings. The van der Waals surface area contributed by atoms with Gasteiger partial charge in [0.1, 0.15) is 11.6 Å². The summed E-state index contributed by atoms with van der Waals surface area (Å²) < 4.78 is 27.3. The van der Waals surface area contributed by atoms with Gasteiger partial charge in [-0.2, -0.15) is 0 Å². The van der Waals surface area contributed by atoms with E-state index in [-0.39, 0.29) is 25.3 Å². The Labute approximate surface area is 187 Å². The highest BCUT2D eigenvalue weighted by Gasteiger charge is 2.22. The number of aliphatic hydroxyl groups is 1. The Morgan fingerprint density at radius 3 is 2.06 bits per heavy atom. The van der Waals surface area contributed by atoms with Crippen molar-refractivity contribution in [1.29, 1.82) is 0 Å². The van der Waals surface area contributed by atoms with Gasteiger partial charge in [0, 0.05) is 25.6 Å². The maximum atomic E-state index is 13.6. The lowest BCUT2D eigenvalue weighted by Gasteiger charge is -2.25. The zero-order valence-corrected chi connectivity index (χ0v) is 17.8. The highest BCUT2D eigenvalue weighted by molar-refractivity contribution is 5.76. The number of amides is 1. The van der Waals surface area contributed by atoms with E-state index in [0.29, 0.717) is 18.5 Å². The number of halogens is 2. The van der Waals surface area contributed by atoms with Gasteiger partial charge >= 0.3 is 0 Å². The molecule has 6 heteroatoms. The Hall–Kier alpha value is -3.09. The Morgan fingerprint density at radius 2 is 1.44 bits per heavy atom. The molecule has 0 saturated carbocycles. The SMILES string of the molecule is O=C(CCc1ccccc1)N[C@H](Cc1cc(F)cc(F)c1)[C@H](O)CNCc1ccccc1.